The maximum absolute atomic E-state index is 13.2. The number of carbonyl (C=O) groups is 1. The Morgan fingerprint density at radius 2 is 1.97 bits per heavy atom. The molecule has 6 nitrogen and oxygen atoms in total. The van der Waals surface area contributed by atoms with Gasteiger partial charge in [0.1, 0.15) is 5.75 Å². The summed E-state index contributed by atoms with van der Waals surface area (Å²) in [4.78, 5) is 12.6. The minimum absolute atomic E-state index is 0.00176. The van der Waals surface area contributed by atoms with Crippen LogP contribution in [0.2, 0.25) is 5.02 Å². The topological polar surface area (TPSA) is 72.1 Å². The third-order valence-electron chi connectivity index (χ3n) is 5.00. The molecular weight excluding hydrogens is 445 g/mol. The average Bonchev–Trinajstić information content (AvgIpc) is 3.28. The van der Waals surface area contributed by atoms with E-state index >= 15 is 0 Å². The van der Waals surface area contributed by atoms with Crippen molar-refractivity contribution < 1.29 is 23.1 Å². The Bertz CT molecular complexity index is 1310. The van der Waals surface area contributed by atoms with Crippen LogP contribution >= 0.6 is 11.6 Å². The lowest BCUT2D eigenvalue weighted by Gasteiger charge is -2.09. The second kappa shape index (κ2) is 8.23. The first-order valence-electron chi connectivity index (χ1n) is 9.57. The molecule has 0 aliphatic heterocycles. The standard InChI is InChI=1S/C22H18ClF3N4O2/c1-29-12-13(18-10-17(31)5-6-19(18)29)7-21(32)27-11-16-9-20(22(24,25)26)28-30(16)15-4-2-3-14(23)8-15/h2-6,8-10,12,31H,7,11H2,1H3,(H,27,32). The highest BCUT2D eigenvalue weighted by atomic mass is 35.5. The average molecular weight is 463 g/mol. The fourth-order valence-electron chi connectivity index (χ4n) is 3.54. The predicted molar refractivity (Wildman–Crippen MR) is 114 cm³/mol. The van der Waals surface area contributed by atoms with Gasteiger partial charge >= 0.3 is 6.18 Å². The molecule has 2 aromatic heterocycles. The van der Waals surface area contributed by atoms with Crippen molar-refractivity contribution in [2.45, 2.75) is 19.1 Å². The summed E-state index contributed by atoms with van der Waals surface area (Å²) in [6, 6.07) is 12.0. The number of hydrogen-bond donors (Lipinski definition) is 2. The number of aromatic nitrogens is 3. The highest BCUT2D eigenvalue weighted by Crippen LogP contribution is 2.30. The number of aryl methyl sites for hydroxylation is 1. The molecule has 0 spiro atoms. The van der Waals surface area contributed by atoms with E-state index < -0.39 is 11.9 Å². The number of benzene rings is 2. The number of amides is 1. The fraction of sp³-hybridized carbons (Fsp3) is 0.182. The van der Waals surface area contributed by atoms with Crippen LogP contribution in [-0.2, 0) is 31.0 Å². The van der Waals surface area contributed by atoms with Crippen molar-refractivity contribution in [1.82, 2.24) is 19.7 Å². The maximum Gasteiger partial charge on any atom is 0.435 e. The highest BCUT2D eigenvalue weighted by molar-refractivity contribution is 6.30. The number of nitrogens with one attached hydrogen (secondary N) is 1. The van der Waals surface area contributed by atoms with Gasteiger partial charge in [0.25, 0.3) is 0 Å². The third-order valence-corrected chi connectivity index (χ3v) is 5.23. The lowest BCUT2D eigenvalue weighted by atomic mass is 10.1. The number of rotatable bonds is 5. The number of aromatic hydroxyl groups is 1. The molecule has 0 fully saturated rings. The summed E-state index contributed by atoms with van der Waals surface area (Å²) < 4.78 is 42.7. The summed E-state index contributed by atoms with van der Waals surface area (Å²) in [6.45, 7) is -0.162. The van der Waals surface area contributed by atoms with E-state index in [1.54, 1.807) is 42.6 Å². The minimum atomic E-state index is -4.63. The molecule has 32 heavy (non-hydrogen) atoms. The van der Waals surface area contributed by atoms with Gasteiger partial charge in [0, 0.05) is 29.2 Å². The molecule has 2 N–H and O–H groups in total. The molecule has 0 saturated carbocycles. The molecular formula is C22H18ClF3N4O2. The summed E-state index contributed by atoms with van der Waals surface area (Å²) >= 11 is 5.97. The Hall–Kier alpha value is -3.46. The Kier molecular flexibility index (Phi) is 5.60. The molecule has 0 bridgehead atoms. The molecule has 0 unspecified atom stereocenters. The molecule has 2 heterocycles. The van der Waals surface area contributed by atoms with Crippen molar-refractivity contribution in [3.63, 3.8) is 0 Å². The molecule has 0 aliphatic rings. The van der Waals surface area contributed by atoms with Gasteiger partial charge in [-0.05, 0) is 48.0 Å². The molecule has 0 saturated heterocycles. The van der Waals surface area contributed by atoms with Crippen LogP contribution in [0.4, 0.5) is 13.2 Å². The highest BCUT2D eigenvalue weighted by Gasteiger charge is 2.35. The number of alkyl halides is 3. The van der Waals surface area contributed by atoms with Crippen molar-refractivity contribution in [3.8, 4) is 11.4 Å². The number of fused-ring (bicyclic) bond motifs is 1. The monoisotopic (exact) mass is 462 g/mol. The van der Waals surface area contributed by atoms with Gasteiger partial charge in [-0.3, -0.25) is 4.79 Å². The lowest BCUT2D eigenvalue weighted by molar-refractivity contribution is -0.141. The number of hydrogen-bond acceptors (Lipinski definition) is 3. The van der Waals surface area contributed by atoms with E-state index in [4.69, 9.17) is 11.6 Å². The molecule has 2 aromatic carbocycles. The van der Waals surface area contributed by atoms with E-state index in [1.807, 2.05) is 11.6 Å². The lowest BCUT2D eigenvalue weighted by Crippen LogP contribution is -2.25. The van der Waals surface area contributed by atoms with Gasteiger partial charge in [0.05, 0.1) is 24.3 Å². The molecule has 0 aliphatic carbocycles. The SMILES string of the molecule is Cn1cc(CC(=O)NCc2cc(C(F)(F)F)nn2-c2cccc(Cl)c2)c2cc(O)ccc21. The van der Waals surface area contributed by atoms with Crippen LogP contribution in [0, 0.1) is 0 Å². The second-order valence-electron chi connectivity index (χ2n) is 7.33. The summed E-state index contributed by atoms with van der Waals surface area (Å²) in [5, 5.41) is 17.1. The van der Waals surface area contributed by atoms with Crippen LogP contribution in [0.15, 0.2) is 54.7 Å². The number of phenols is 1. The maximum atomic E-state index is 13.2. The van der Waals surface area contributed by atoms with Crippen LogP contribution in [0.1, 0.15) is 17.0 Å². The summed E-state index contributed by atoms with van der Waals surface area (Å²) in [7, 11) is 1.82. The largest absolute Gasteiger partial charge is 0.508 e. The fourth-order valence-corrected chi connectivity index (χ4v) is 3.73. The molecule has 166 valence electrons. The predicted octanol–water partition coefficient (Wildman–Crippen LogP) is 4.60. The number of phenolic OH excluding ortho intramolecular Hbond substituents is 1. The summed E-state index contributed by atoms with van der Waals surface area (Å²) in [6.07, 6.45) is -2.85. The van der Waals surface area contributed by atoms with Crippen LogP contribution in [0.3, 0.4) is 0 Å². The Labute approximate surface area is 185 Å². The normalized spacial score (nSPS) is 11.8. The summed E-state index contributed by atoms with van der Waals surface area (Å²) in [5.41, 5.74) is 0.978. The smallest absolute Gasteiger partial charge is 0.435 e. The van der Waals surface area contributed by atoms with E-state index in [9.17, 15) is 23.1 Å². The first-order valence-corrected chi connectivity index (χ1v) is 9.95. The van der Waals surface area contributed by atoms with Crippen LogP contribution in [-0.4, -0.2) is 25.4 Å². The van der Waals surface area contributed by atoms with Crippen molar-refractivity contribution in [3.05, 3.63) is 76.7 Å². The molecule has 10 heteroatoms. The molecule has 0 radical (unpaired) electrons. The van der Waals surface area contributed by atoms with Gasteiger partial charge in [-0.2, -0.15) is 18.3 Å². The van der Waals surface area contributed by atoms with Crippen molar-refractivity contribution >= 4 is 28.4 Å². The zero-order valence-corrected chi connectivity index (χ0v) is 17.6. The Balaban J connectivity index is 1.56. The Morgan fingerprint density at radius 1 is 1.19 bits per heavy atom. The van der Waals surface area contributed by atoms with Gasteiger partial charge in [0.2, 0.25) is 5.91 Å². The van der Waals surface area contributed by atoms with Gasteiger partial charge < -0.3 is 15.0 Å². The van der Waals surface area contributed by atoms with E-state index in [1.165, 1.54) is 6.07 Å². The first-order chi connectivity index (χ1) is 15.1. The quantitative estimate of drug-likeness (QED) is 0.455. The van der Waals surface area contributed by atoms with Gasteiger partial charge in [-0.1, -0.05) is 17.7 Å². The van der Waals surface area contributed by atoms with E-state index in [0.29, 0.717) is 16.3 Å². The zero-order valence-electron chi connectivity index (χ0n) is 16.8. The zero-order chi connectivity index (χ0) is 23.0. The summed E-state index contributed by atoms with van der Waals surface area (Å²) in [5.74, 6) is -0.302. The molecule has 4 rings (SSSR count). The van der Waals surface area contributed by atoms with E-state index in [-0.39, 0.29) is 30.3 Å². The van der Waals surface area contributed by atoms with Crippen LogP contribution < -0.4 is 5.32 Å². The molecule has 4 aromatic rings. The van der Waals surface area contributed by atoms with Gasteiger partial charge in [-0.15, -0.1) is 0 Å². The second-order valence-corrected chi connectivity index (χ2v) is 7.77. The number of carbonyl (C=O) groups excluding carboxylic acids is 1. The van der Waals surface area contributed by atoms with E-state index in [2.05, 4.69) is 10.4 Å². The minimum Gasteiger partial charge on any atom is -0.508 e. The number of nitrogens with zero attached hydrogens (tertiary/aromatic N) is 3. The first kappa shape index (κ1) is 21.8. The van der Waals surface area contributed by atoms with Crippen molar-refractivity contribution in [1.29, 1.82) is 0 Å². The van der Waals surface area contributed by atoms with Crippen LogP contribution in [0.25, 0.3) is 16.6 Å². The molecule has 0 atom stereocenters. The van der Waals surface area contributed by atoms with E-state index in [0.717, 1.165) is 21.7 Å². The van der Waals surface area contributed by atoms with Crippen LogP contribution in [0.5, 0.6) is 5.75 Å². The van der Waals surface area contributed by atoms with Crippen molar-refractivity contribution in [2.75, 3.05) is 0 Å². The van der Waals surface area contributed by atoms with Gasteiger partial charge in [-0.25, -0.2) is 4.68 Å². The third kappa shape index (κ3) is 4.43. The Morgan fingerprint density at radius 3 is 2.69 bits per heavy atom. The molecule has 1 amide bonds. The van der Waals surface area contributed by atoms with Crippen molar-refractivity contribution in [2.24, 2.45) is 7.05 Å². The van der Waals surface area contributed by atoms with Gasteiger partial charge in [0.15, 0.2) is 5.69 Å². The number of halogens is 4.